The lowest BCUT2D eigenvalue weighted by Crippen LogP contribution is -2.44. The van der Waals surface area contributed by atoms with E-state index >= 15 is 4.39 Å². The molecule has 13 nitrogen and oxygen atoms in total. The van der Waals surface area contributed by atoms with Gasteiger partial charge in [0.15, 0.2) is 5.82 Å². The number of carbonyl (C=O) groups is 3. The first kappa shape index (κ1) is 31.0. The number of aryl methyl sites for hydroxylation is 1. The first-order valence-corrected chi connectivity index (χ1v) is 16.3. The second-order valence-electron chi connectivity index (χ2n) is 12.2. The van der Waals surface area contributed by atoms with Crippen molar-refractivity contribution >= 4 is 68.7 Å². The molecule has 3 amide bonds. The fourth-order valence-electron chi connectivity index (χ4n) is 6.75. The molecule has 3 saturated heterocycles. The summed E-state index contributed by atoms with van der Waals surface area (Å²) in [5.74, 6) is -1.49. The number of carbonyl (C=O) groups excluding carboxylic acids is 3. The third-order valence-electron chi connectivity index (χ3n) is 9.22. The van der Waals surface area contributed by atoms with Gasteiger partial charge in [-0.05, 0) is 73.0 Å². The van der Waals surface area contributed by atoms with E-state index in [-0.39, 0.29) is 47.7 Å². The minimum Gasteiger partial charge on any atom is -0.506 e. The van der Waals surface area contributed by atoms with Gasteiger partial charge in [-0.2, -0.15) is 0 Å². The highest BCUT2D eigenvalue weighted by Gasteiger charge is 2.32. The Morgan fingerprint density at radius 3 is 2.62 bits per heavy atom. The number of anilines is 3. The number of fused-ring (bicyclic) bond motifs is 2. The number of benzene rings is 3. The standard InChI is InChI=1S/C32H34FN7O6S/c1-37-25-17-21(3-5-23(25)40(32(37)45)24-6-7-27(42)35-31(24)44)38-10-8-18(9-11-38)14-28(43)34-20-2-4-22-19(15-20)16-26(41)30(29(22)33)39-12-13-46-36-47-39/h2-5,15-18,24,36,41H,6-14H2,1H3,(H,34,43)(H,35,42,44). The molecule has 1 aromatic heterocycles. The molecule has 0 saturated carbocycles. The van der Waals surface area contributed by atoms with Gasteiger partial charge in [0.2, 0.25) is 17.7 Å². The maximum Gasteiger partial charge on any atom is 0.329 e. The summed E-state index contributed by atoms with van der Waals surface area (Å²) < 4.78 is 20.0. The van der Waals surface area contributed by atoms with E-state index < -0.39 is 17.8 Å². The zero-order valence-electron chi connectivity index (χ0n) is 25.6. The number of hydrogen-bond acceptors (Lipinski definition) is 10. The number of rotatable bonds is 6. The van der Waals surface area contributed by atoms with Crippen molar-refractivity contribution in [1.29, 1.82) is 0 Å². The highest BCUT2D eigenvalue weighted by atomic mass is 32.2. The van der Waals surface area contributed by atoms with Crippen molar-refractivity contribution in [1.82, 2.24) is 19.3 Å². The molecule has 246 valence electrons. The van der Waals surface area contributed by atoms with Gasteiger partial charge in [0.25, 0.3) is 0 Å². The quantitative estimate of drug-likeness (QED) is 0.178. The Bertz CT molecular complexity index is 1970. The molecule has 4 heterocycles. The molecule has 1 atom stereocenters. The van der Waals surface area contributed by atoms with Crippen LogP contribution in [-0.2, 0) is 26.3 Å². The zero-order valence-corrected chi connectivity index (χ0v) is 26.4. The van der Waals surface area contributed by atoms with Crippen LogP contribution in [0.25, 0.3) is 21.8 Å². The molecule has 4 aromatic rings. The number of hydrogen-bond donors (Lipinski definition) is 4. The minimum atomic E-state index is -0.732. The van der Waals surface area contributed by atoms with Crippen LogP contribution in [-0.4, -0.2) is 58.2 Å². The summed E-state index contributed by atoms with van der Waals surface area (Å²) in [6.07, 6.45) is 2.41. The summed E-state index contributed by atoms with van der Waals surface area (Å²) in [6.45, 7) is 2.21. The van der Waals surface area contributed by atoms with Crippen molar-refractivity contribution in [3.05, 3.63) is 58.8 Å². The highest BCUT2D eigenvalue weighted by molar-refractivity contribution is 7.98. The maximum absolute atomic E-state index is 15.4. The lowest BCUT2D eigenvalue weighted by molar-refractivity contribution is -0.135. The summed E-state index contributed by atoms with van der Waals surface area (Å²) >= 11 is 1.05. The van der Waals surface area contributed by atoms with Crippen LogP contribution in [0.1, 0.15) is 38.1 Å². The third-order valence-corrected chi connectivity index (χ3v) is 9.99. The smallest absolute Gasteiger partial charge is 0.329 e. The number of aromatic hydroxyl groups is 1. The number of nitrogens with zero attached hydrogens (tertiary/aromatic N) is 4. The number of phenolic OH excluding ortho intramolecular Hbond substituents is 1. The van der Waals surface area contributed by atoms with Crippen LogP contribution in [0.2, 0.25) is 0 Å². The average molecular weight is 664 g/mol. The van der Waals surface area contributed by atoms with Gasteiger partial charge in [-0.25, -0.2) is 9.18 Å². The van der Waals surface area contributed by atoms with Crippen LogP contribution >= 0.6 is 12.1 Å². The normalized spacial score (nSPS) is 19.4. The number of piperidine rings is 2. The number of nitrogens with one attached hydrogen (secondary N) is 3. The summed E-state index contributed by atoms with van der Waals surface area (Å²) in [5, 5.41) is 16.7. The Morgan fingerprint density at radius 1 is 1.06 bits per heavy atom. The van der Waals surface area contributed by atoms with Crippen LogP contribution in [0.15, 0.2) is 47.3 Å². The van der Waals surface area contributed by atoms with Gasteiger partial charge >= 0.3 is 5.69 Å². The Hall–Kier alpha value is -4.60. The molecule has 7 rings (SSSR count). The van der Waals surface area contributed by atoms with Crippen LogP contribution in [0.3, 0.4) is 0 Å². The number of imide groups is 1. The monoisotopic (exact) mass is 663 g/mol. The summed E-state index contributed by atoms with van der Waals surface area (Å²) in [5.41, 5.74) is 2.60. The van der Waals surface area contributed by atoms with Crippen molar-refractivity contribution in [2.45, 2.75) is 38.1 Å². The predicted molar refractivity (Wildman–Crippen MR) is 176 cm³/mol. The Labute approximate surface area is 272 Å². The molecule has 3 aliphatic heterocycles. The van der Waals surface area contributed by atoms with Crippen molar-refractivity contribution < 1.29 is 28.7 Å². The Morgan fingerprint density at radius 2 is 1.87 bits per heavy atom. The second-order valence-corrected chi connectivity index (χ2v) is 12.9. The number of amides is 3. The molecule has 3 aromatic carbocycles. The van der Waals surface area contributed by atoms with E-state index in [4.69, 9.17) is 4.84 Å². The molecule has 15 heteroatoms. The van der Waals surface area contributed by atoms with Crippen LogP contribution < -0.4 is 30.4 Å². The summed E-state index contributed by atoms with van der Waals surface area (Å²) in [4.78, 5) is 60.2. The lowest BCUT2D eigenvalue weighted by Gasteiger charge is -2.33. The van der Waals surface area contributed by atoms with E-state index in [9.17, 15) is 24.3 Å². The first-order valence-electron chi connectivity index (χ1n) is 15.5. The van der Waals surface area contributed by atoms with Gasteiger partial charge in [-0.1, -0.05) is 0 Å². The van der Waals surface area contributed by atoms with E-state index in [1.807, 2.05) is 18.2 Å². The molecule has 0 aliphatic carbocycles. The fraction of sp³-hybridized carbons (Fsp3) is 0.375. The molecule has 0 spiro atoms. The van der Waals surface area contributed by atoms with Gasteiger partial charge in [-0.3, -0.25) is 38.0 Å². The molecule has 47 heavy (non-hydrogen) atoms. The van der Waals surface area contributed by atoms with Gasteiger partial charge in [-0.15, -0.1) is 4.89 Å². The maximum atomic E-state index is 15.4. The summed E-state index contributed by atoms with van der Waals surface area (Å²) in [7, 11) is 1.68. The highest BCUT2D eigenvalue weighted by Crippen LogP contribution is 2.40. The largest absolute Gasteiger partial charge is 0.506 e. The molecular formula is C32H34FN7O6S. The molecule has 4 N–H and O–H groups in total. The molecule has 1 unspecified atom stereocenters. The topological polar surface area (TPSA) is 150 Å². The lowest BCUT2D eigenvalue weighted by atomic mass is 9.93. The van der Waals surface area contributed by atoms with Crippen molar-refractivity contribution in [2.75, 3.05) is 40.8 Å². The van der Waals surface area contributed by atoms with E-state index in [1.165, 1.54) is 15.2 Å². The molecule has 0 radical (unpaired) electrons. The fourth-order valence-corrected chi connectivity index (χ4v) is 7.40. The number of imidazole rings is 1. The molecule has 3 fully saturated rings. The number of halogens is 1. The van der Waals surface area contributed by atoms with Gasteiger partial charge in [0, 0.05) is 49.7 Å². The Balaban J connectivity index is 0.983. The van der Waals surface area contributed by atoms with Crippen LogP contribution in [0.5, 0.6) is 5.75 Å². The Kier molecular flexibility index (Phi) is 8.28. The van der Waals surface area contributed by atoms with E-state index in [1.54, 1.807) is 29.6 Å². The molecule has 3 aliphatic rings. The minimum absolute atomic E-state index is 0.0797. The van der Waals surface area contributed by atoms with Crippen molar-refractivity contribution in [2.24, 2.45) is 13.0 Å². The van der Waals surface area contributed by atoms with Gasteiger partial charge in [0.05, 0.1) is 36.3 Å². The SMILES string of the molecule is Cn1c(=O)n(C2CCC(=O)NC2=O)c2ccc(N3CCC(CC(=O)Nc4ccc5c(F)c(N6CCONS6)c(O)cc5c4)CC3)cc21. The van der Waals surface area contributed by atoms with Crippen molar-refractivity contribution in [3.63, 3.8) is 0 Å². The van der Waals surface area contributed by atoms with Crippen LogP contribution in [0.4, 0.5) is 21.5 Å². The average Bonchev–Trinajstić information content (AvgIpc) is 3.30. The molecule has 0 bridgehead atoms. The summed E-state index contributed by atoms with van der Waals surface area (Å²) in [6, 6.07) is 11.4. The van der Waals surface area contributed by atoms with Gasteiger partial charge in [0.1, 0.15) is 17.5 Å². The van der Waals surface area contributed by atoms with Crippen molar-refractivity contribution in [3.8, 4) is 5.75 Å². The zero-order chi connectivity index (χ0) is 32.8. The molecular weight excluding hydrogens is 629 g/mol. The van der Waals surface area contributed by atoms with Crippen LogP contribution in [0, 0.1) is 11.7 Å². The predicted octanol–water partition coefficient (Wildman–Crippen LogP) is 3.47. The third kappa shape index (κ3) is 5.90. The number of aromatic nitrogens is 2. The second kappa shape index (κ2) is 12.5. The van der Waals surface area contributed by atoms with Gasteiger partial charge < -0.3 is 15.3 Å². The number of phenols is 1. The van der Waals surface area contributed by atoms with E-state index in [0.29, 0.717) is 47.1 Å². The van der Waals surface area contributed by atoms with E-state index in [0.717, 1.165) is 43.8 Å². The first-order chi connectivity index (χ1) is 22.7. The van der Waals surface area contributed by atoms with E-state index in [2.05, 4.69) is 20.4 Å².